The van der Waals surface area contributed by atoms with Crippen molar-refractivity contribution in [1.29, 1.82) is 0 Å². The Morgan fingerprint density at radius 1 is 1.15 bits per heavy atom. The van der Waals surface area contributed by atoms with Crippen LogP contribution in [0.15, 0.2) is 41.0 Å². The van der Waals surface area contributed by atoms with Gasteiger partial charge in [-0.3, -0.25) is 19.8 Å². The van der Waals surface area contributed by atoms with Gasteiger partial charge in [-0.15, -0.1) is 0 Å². The molecule has 3 aromatic rings. The van der Waals surface area contributed by atoms with E-state index in [0.29, 0.717) is 25.5 Å². The van der Waals surface area contributed by atoms with Gasteiger partial charge in [0.2, 0.25) is 11.8 Å². The molecule has 2 fully saturated rings. The second-order valence-electron chi connectivity index (χ2n) is 9.38. The fourth-order valence-electron chi connectivity index (χ4n) is 5.13. The Morgan fingerprint density at radius 3 is 2.76 bits per heavy atom. The average molecular weight is 450 g/mol. The van der Waals surface area contributed by atoms with Crippen LogP contribution < -0.4 is 10.1 Å². The molecule has 33 heavy (non-hydrogen) atoms. The Balaban J connectivity index is 1.31. The molecule has 1 N–H and O–H groups in total. The number of likely N-dealkylation sites (tertiary alicyclic amines) is 1. The third kappa shape index (κ3) is 4.48. The van der Waals surface area contributed by atoms with Crippen LogP contribution in [0.2, 0.25) is 0 Å². The Bertz CT molecular complexity index is 1180. The molecule has 2 amide bonds. The van der Waals surface area contributed by atoms with Gasteiger partial charge in [0.15, 0.2) is 0 Å². The van der Waals surface area contributed by atoms with Gasteiger partial charge in [-0.25, -0.2) is 0 Å². The highest BCUT2D eigenvalue weighted by atomic mass is 16.5. The quantitative estimate of drug-likeness (QED) is 0.581. The number of amides is 2. The maximum atomic E-state index is 12.4. The molecule has 5 rings (SSSR count). The lowest BCUT2D eigenvalue weighted by atomic mass is 9.89. The van der Waals surface area contributed by atoms with Gasteiger partial charge in [-0.2, -0.15) is 0 Å². The molecule has 7 nitrogen and oxygen atoms in total. The molecule has 0 saturated carbocycles. The SMILES string of the molecule is CN1CCC(N(C)CCOc2ccc3c(ccc4occ([C@@H]5CCC(=O)NC5=O)c43)c2)CC1. The van der Waals surface area contributed by atoms with E-state index in [4.69, 9.17) is 9.15 Å². The summed E-state index contributed by atoms with van der Waals surface area (Å²) in [5.41, 5.74) is 1.59. The van der Waals surface area contributed by atoms with Gasteiger partial charge < -0.3 is 14.1 Å². The van der Waals surface area contributed by atoms with E-state index in [1.165, 1.54) is 12.8 Å². The van der Waals surface area contributed by atoms with E-state index in [1.807, 2.05) is 30.3 Å². The molecule has 3 heterocycles. The molecule has 0 unspecified atom stereocenters. The van der Waals surface area contributed by atoms with Gasteiger partial charge >= 0.3 is 0 Å². The number of nitrogens with one attached hydrogen (secondary N) is 1. The first kappa shape index (κ1) is 21.9. The zero-order valence-electron chi connectivity index (χ0n) is 19.3. The van der Waals surface area contributed by atoms with Gasteiger partial charge in [0.1, 0.15) is 17.9 Å². The number of rotatable bonds is 6. The number of hydrogen-bond donors (Lipinski definition) is 1. The number of ether oxygens (including phenoxy) is 1. The molecule has 0 radical (unpaired) electrons. The summed E-state index contributed by atoms with van der Waals surface area (Å²) in [6, 6.07) is 10.7. The minimum absolute atomic E-state index is 0.211. The summed E-state index contributed by atoms with van der Waals surface area (Å²) in [6.45, 7) is 3.85. The van der Waals surface area contributed by atoms with Crippen molar-refractivity contribution in [2.45, 2.75) is 37.6 Å². The van der Waals surface area contributed by atoms with Crippen molar-refractivity contribution >= 4 is 33.6 Å². The topological polar surface area (TPSA) is 75.0 Å². The summed E-state index contributed by atoms with van der Waals surface area (Å²) in [5, 5.41) is 5.46. The lowest BCUT2D eigenvalue weighted by molar-refractivity contribution is -0.134. The number of imide groups is 1. The molecule has 0 bridgehead atoms. The second kappa shape index (κ2) is 9.15. The summed E-state index contributed by atoms with van der Waals surface area (Å²) in [6.07, 6.45) is 4.92. The van der Waals surface area contributed by atoms with E-state index in [0.717, 1.165) is 52.7 Å². The Morgan fingerprint density at radius 2 is 1.97 bits per heavy atom. The number of likely N-dealkylation sites (N-methyl/N-ethyl adjacent to an activating group) is 1. The zero-order chi connectivity index (χ0) is 22.9. The van der Waals surface area contributed by atoms with Crippen molar-refractivity contribution in [2.24, 2.45) is 0 Å². The highest BCUT2D eigenvalue weighted by Crippen LogP contribution is 2.37. The maximum Gasteiger partial charge on any atom is 0.234 e. The first-order valence-corrected chi connectivity index (χ1v) is 11.8. The minimum atomic E-state index is -0.374. The highest BCUT2D eigenvalue weighted by molar-refractivity contribution is 6.10. The number of piperidine rings is 2. The number of carbonyl (C=O) groups is 2. The van der Waals surface area contributed by atoms with Crippen molar-refractivity contribution in [3.63, 3.8) is 0 Å². The molecule has 0 aliphatic carbocycles. The number of nitrogens with zero attached hydrogens (tertiary/aromatic N) is 2. The molecule has 2 aliphatic rings. The third-order valence-corrected chi connectivity index (χ3v) is 7.19. The summed E-state index contributed by atoms with van der Waals surface area (Å²) in [7, 11) is 4.37. The molecule has 1 atom stereocenters. The molecule has 2 aromatic carbocycles. The van der Waals surface area contributed by atoms with Crippen LogP contribution in [0.4, 0.5) is 0 Å². The number of benzene rings is 2. The molecule has 0 spiro atoms. The fraction of sp³-hybridized carbons (Fsp3) is 0.462. The van der Waals surface area contributed by atoms with Gasteiger partial charge in [0, 0.05) is 30.0 Å². The van der Waals surface area contributed by atoms with Crippen molar-refractivity contribution in [3.8, 4) is 5.75 Å². The zero-order valence-corrected chi connectivity index (χ0v) is 19.3. The Kier molecular flexibility index (Phi) is 6.08. The minimum Gasteiger partial charge on any atom is -0.492 e. The summed E-state index contributed by atoms with van der Waals surface area (Å²) >= 11 is 0. The van der Waals surface area contributed by atoms with E-state index in [1.54, 1.807) is 6.26 Å². The van der Waals surface area contributed by atoms with Crippen LogP contribution in [0, 0.1) is 0 Å². The van der Waals surface area contributed by atoms with Crippen molar-refractivity contribution in [3.05, 3.63) is 42.2 Å². The predicted octanol–water partition coefficient (Wildman–Crippen LogP) is 3.51. The van der Waals surface area contributed by atoms with Gasteiger partial charge in [-0.1, -0.05) is 6.07 Å². The molecular formula is C26H31N3O4. The summed E-state index contributed by atoms with van der Waals surface area (Å²) < 4.78 is 11.9. The number of furan rings is 1. The van der Waals surface area contributed by atoms with Crippen LogP contribution >= 0.6 is 0 Å². The lowest BCUT2D eigenvalue weighted by Crippen LogP contribution is -2.43. The normalized spacial score (nSPS) is 20.6. The number of fused-ring (bicyclic) bond motifs is 3. The van der Waals surface area contributed by atoms with E-state index in [-0.39, 0.29) is 17.7 Å². The number of hydrogen-bond acceptors (Lipinski definition) is 6. The molecule has 2 saturated heterocycles. The summed E-state index contributed by atoms with van der Waals surface area (Å²) in [5.74, 6) is 0.00192. The van der Waals surface area contributed by atoms with Gasteiger partial charge in [-0.05, 0) is 81.5 Å². The first-order valence-electron chi connectivity index (χ1n) is 11.8. The predicted molar refractivity (Wildman–Crippen MR) is 127 cm³/mol. The monoisotopic (exact) mass is 449 g/mol. The third-order valence-electron chi connectivity index (χ3n) is 7.19. The van der Waals surface area contributed by atoms with Crippen LogP contribution in [-0.4, -0.2) is 68.0 Å². The molecule has 174 valence electrons. The van der Waals surface area contributed by atoms with Crippen LogP contribution in [0.25, 0.3) is 21.7 Å². The van der Waals surface area contributed by atoms with E-state index in [9.17, 15) is 9.59 Å². The molecule has 2 aliphatic heterocycles. The molecule has 1 aromatic heterocycles. The van der Waals surface area contributed by atoms with Crippen molar-refractivity contribution in [1.82, 2.24) is 15.1 Å². The fourth-order valence-corrected chi connectivity index (χ4v) is 5.13. The lowest BCUT2D eigenvalue weighted by Gasteiger charge is -2.35. The van der Waals surface area contributed by atoms with Crippen LogP contribution in [0.1, 0.15) is 37.2 Å². The Labute approximate surface area is 193 Å². The average Bonchev–Trinajstić information content (AvgIpc) is 3.23. The van der Waals surface area contributed by atoms with E-state index >= 15 is 0 Å². The standard InChI is InChI=1S/C26H31N3O4/c1-28-11-9-18(10-12-28)29(2)13-14-32-19-4-5-20-17(15-19)3-7-23-25(20)22(16-33-23)21-6-8-24(30)27-26(21)31/h3-5,7,15-16,18,21H,6,8-14H2,1-2H3,(H,27,30,31)/t21-/m0/s1. The van der Waals surface area contributed by atoms with E-state index < -0.39 is 0 Å². The summed E-state index contributed by atoms with van der Waals surface area (Å²) in [4.78, 5) is 28.8. The smallest absolute Gasteiger partial charge is 0.234 e. The largest absolute Gasteiger partial charge is 0.492 e. The second-order valence-corrected chi connectivity index (χ2v) is 9.38. The number of carbonyl (C=O) groups excluding carboxylic acids is 2. The molecule has 7 heteroatoms. The first-order chi connectivity index (χ1) is 16.0. The van der Waals surface area contributed by atoms with Crippen molar-refractivity contribution < 1.29 is 18.7 Å². The Hall–Kier alpha value is -2.90. The van der Waals surface area contributed by atoms with Gasteiger partial charge in [0.25, 0.3) is 0 Å². The highest BCUT2D eigenvalue weighted by Gasteiger charge is 2.31. The van der Waals surface area contributed by atoms with Crippen LogP contribution in [0.5, 0.6) is 5.75 Å². The van der Waals surface area contributed by atoms with Crippen molar-refractivity contribution in [2.75, 3.05) is 40.3 Å². The van der Waals surface area contributed by atoms with E-state index in [2.05, 4.69) is 29.2 Å². The van der Waals surface area contributed by atoms with Crippen LogP contribution in [0.3, 0.4) is 0 Å². The van der Waals surface area contributed by atoms with Gasteiger partial charge in [0.05, 0.1) is 12.2 Å². The maximum absolute atomic E-state index is 12.4. The van der Waals surface area contributed by atoms with Crippen LogP contribution in [-0.2, 0) is 9.59 Å². The molecular weight excluding hydrogens is 418 g/mol.